The van der Waals surface area contributed by atoms with Gasteiger partial charge in [-0.1, -0.05) is 12.1 Å². The lowest BCUT2D eigenvalue weighted by atomic mass is 10.1. The van der Waals surface area contributed by atoms with Crippen molar-refractivity contribution < 1.29 is 14.3 Å². The normalized spacial score (nSPS) is 10.2. The van der Waals surface area contributed by atoms with E-state index in [1.807, 2.05) is 30.3 Å². The maximum absolute atomic E-state index is 12.0. The predicted octanol–water partition coefficient (Wildman–Crippen LogP) is 2.12. The molecule has 1 aromatic carbocycles. The number of aromatic nitrogens is 1. The second-order valence-electron chi connectivity index (χ2n) is 5.20. The van der Waals surface area contributed by atoms with Crippen molar-refractivity contribution >= 4 is 11.6 Å². The smallest absolute Gasteiger partial charge is 0.270 e. The Morgan fingerprint density at radius 3 is 2.62 bits per heavy atom. The summed E-state index contributed by atoms with van der Waals surface area (Å²) >= 11 is 0. The van der Waals surface area contributed by atoms with E-state index in [1.165, 1.54) is 5.56 Å². The number of methoxy groups -OCH3 is 2. The van der Waals surface area contributed by atoms with Crippen LogP contribution >= 0.6 is 0 Å². The molecule has 6 nitrogen and oxygen atoms in total. The molecule has 0 bridgehead atoms. The van der Waals surface area contributed by atoms with Crippen molar-refractivity contribution in [2.24, 2.45) is 0 Å². The van der Waals surface area contributed by atoms with Crippen LogP contribution in [-0.2, 0) is 11.2 Å². The number of hydrogen-bond acceptors (Lipinski definition) is 5. The van der Waals surface area contributed by atoms with Gasteiger partial charge in [-0.3, -0.25) is 9.78 Å². The fourth-order valence-electron chi connectivity index (χ4n) is 2.17. The number of ether oxygens (including phenoxy) is 2. The van der Waals surface area contributed by atoms with Crippen LogP contribution in [0.15, 0.2) is 42.6 Å². The average Bonchev–Trinajstić information content (AvgIpc) is 2.63. The second-order valence-corrected chi connectivity index (χ2v) is 5.20. The first-order chi connectivity index (χ1) is 11.7. The summed E-state index contributed by atoms with van der Waals surface area (Å²) < 4.78 is 10.1. The van der Waals surface area contributed by atoms with Crippen LogP contribution in [0.3, 0.4) is 0 Å². The molecule has 2 rings (SSSR count). The van der Waals surface area contributed by atoms with Crippen LogP contribution in [0.25, 0.3) is 0 Å². The van der Waals surface area contributed by atoms with E-state index in [9.17, 15) is 4.79 Å². The van der Waals surface area contributed by atoms with Gasteiger partial charge in [-0.05, 0) is 36.2 Å². The standard InChI is InChI=1S/C18H23N3O3/c1-23-12-11-21-18(22)17-13-15(8-10-20-17)19-9-7-14-3-5-16(24-2)6-4-14/h3-6,8,10,13H,7,9,11-12H2,1-2H3,(H,19,20)(H,21,22). The maximum atomic E-state index is 12.0. The van der Waals surface area contributed by atoms with Gasteiger partial charge >= 0.3 is 0 Å². The van der Waals surface area contributed by atoms with Gasteiger partial charge in [0.25, 0.3) is 5.91 Å². The minimum Gasteiger partial charge on any atom is -0.497 e. The number of anilines is 1. The highest BCUT2D eigenvalue weighted by Gasteiger charge is 2.07. The van der Waals surface area contributed by atoms with Crippen LogP contribution in [0.5, 0.6) is 5.75 Å². The van der Waals surface area contributed by atoms with Crippen LogP contribution in [0.1, 0.15) is 16.1 Å². The lowest BCUT2D eigenvalue weighted by molar-refractivity contribution is 0.0932. The van der Waals surface area contributed by atoms with E-state index >= 15 is 0 Å². The number of nitrogens with one attached hydrogen (secondary N) is 2. The molecule has 128 valence electrons. The topological polar surface area (TPSA) is 72.5 Å². The van der Waals surface area contributed by atoms with Crippen molar-refractivity contribution in [1.82, 2.24) is 10.3 Å². The van der Waals surface area contributed by atoms with Gasteiger partial charge in [0.2, 0.25) is 0 Å². The zero-order valence-electron chi connectivity index (χ0n) is 14.0. The summed E-state index contributed by atoms with van der Waals surface area (Å²) in [4.78, 5) is 16.1. The SMILES string of the molecule is COCCNC(=O)c1cc(NCCc2ccc(OC)cc2)ccn1. The average molecular weight is 329 g/mol. The highest BCUT2D eigenvalue weighted by atomic mass is 16.5. The minimum absolute atomic E-state index is 0.203. The van der Waals surface area contributed by atoms with Gasteiger partial charge in [-0.25, -0.2) is 0 Å². The first-order valence-electron chi connectivity index (χ1n) is 7.83. The molecule has 0 unspecified atom stereocenters. The number of hydrogen-bond donors (Lipinski definition) is 2. The summed E-state index contributed by atoms with van der Waals surface area (Å²) in [5.74, 6) is 0.649. The van der Waals surface area contributed by atoms with Crippen molar-refractivity contribution in [3.05, 3.63) is 53.9 Å². The Kier molecular flexibility index (Phi) is 7.04. The molecule has 0 atom stereocenters. The molecule has 24 heavy (non-hydrogen) atoms. The molecule has 2 N–H and O–H groups in total. The number of carbonyl (C=O) groups is 1. The molecule has 0 saturated carbocycles. The van der Waals surface area contributed by atoms with Gasteiger partial charge in [-0.15, -0.1) is 0 Å². The molecule has 0 aliphatic heterocycles. The predicted molar refractivity (Wildman–Crippen MR) is 93.6 cm³/mol. The van der Waals surface area contributed by atoms with E-state index in [0.717, 1.165) is 24.4 Å². The van der Waals surface area contributed by atoms with Gasteiger partial charge in [0.1, 0.15) is 11.4 Å². The Morgan fingerprint density at radius 1 is 1.12 bits per heavy atom. The zero-order valence-corrected chi connectivity index (χ0v) is 14.0. The molecule has 0 radical (unpaired) electrons. The molecule has 1 heterocycles. The van der Waals surface area contributed by atoms with Crippen LogP contribution in [0.2, 0.25) is 0 Å². The van der Waals surface area contributed by atoms with Crippen molar-refractivity contribution in [2.75, 3.05) is 39.2 Å². The molecule has 1 amide bonds. The summed E-state index contributed by atoms with van der Waals surface area (Å²) in [6, 6.07) is 11.6. The number of carbonyl (C=O) groups excluding carboxylic acids is 1. The number of rotatable bonds is 9. The Morgan fingerprint density at radius 2 is 1.92 bits per heavy atom. The molecule has 6 heteroatoms. The quantitative estimate of drug-likeness (QED) is 0.690. The first-order valence-corrected chi connectivity index (χ1v) is 7.83. The monoisotopic (exact) mass is 329 g/mol. The lowest BCUT2D eigenvalue weighted by Crippen LogP contribution is -2.27. The largest absolute Gasteiger partial charge is 0.497 e. The Bertz CT molecular complexity index is 644. The third kappa shape index (κ3) is 5.55. The summed E-state index contributed by atoms with van der Waals surface area (Å²) in [6.45, 7) is 1.71. The summed E-state index contributed by atoms with van der Waals surface area (Å²) in [5.41, 5.74) is 2.48. The number of nitrogens with zero attached hydrogens (tertiary/aromatic N) is 1. The molecule has 0 fully saturated rings. The van der Waals surface area contributed by atoms with E-state index in [0.29, 0.717) is 18.8 Å². The summed E-state index contributed by atoms with van der Waals surface area (Å²) in [6.07, 6.45) is 2.50. The van der Waals surface area contributed by atoms with Crippen LogP contribution < -0.4 is 15.4 Å². The molecular weight excluding hydrogens is 306 g/mol. The van der Waals surface area contributed by atoms with Gasteiger partial charge < -0.3 is 20.1 Å². The van der Waals surface area contributed by atoms with E-state index in [2.05, 4.69) is 15.6 Å². The highest BCUT2D eigenvalue weighted by molar-refractivity contribution is 5.93. The molecule has 0 aliphatic carbocycles. The summed E-state index contributed by atoms with van der Waals surface area (Å²) in [7, 11) is 3.25. The maximum Gasteiger partial charge on any atom is 0.270 e. The minimum atomic E-state index is -0.203. The zero-order chi connectivity index (χ0) is 17.2. The van der Waals surface area contributed by atoms with Crippen LogP contribution in [0.4, 0.5) is 5.69 Å². The summed E-state index contributed by atoms with van der Waals surface area (Å²) in [5, 5.41) is 6.06. The Hall–Kier alpha value is -2.60. The Balaban J connectivity index is 1.83. The number of pyridine rings is 1. The molecule has 1 aromatic heterocycles. The molecular formula is C18H23N3O3. The molecule has 0 saturated heterocycles. The third-order valence-electron chi connectivity index (χ3n) is 3.49. The van der Waals surface area contributed by atoms with Gasteiger partial charge in [0, 0.05) is 32.1 Å². The molecule has 0 aliphatic rings. The number of amides is 1. The van der Waals surface area contributed by atoms with Crippen molar-refractivity contribution in [3.8, 4) is 5.75 Å². The first kappa shape index (κ1) is 17.7. The van der Waals surface area contributed by atoms with Crippen molar-refractivity contribution in [3.63, 3.8) is 0 Å². The highest BCUT2D eigenvalue weighted by Crippen LogP contribution is 2.12. The van der Waals surface area contributed by atoms with E-state index in [-0.39, 0.29) is 5.91 Å². The van der Waals surface area contributed by atoms with Crippen LogP contribution in [-0.4, -0.2) is 44.8 Å². The molecule has 2 aromatic rings. The van der Waals surface area contributed by atoms with Gasteiger partial charge in [0.05, 0.1) is 13.7 Å². The fourth-order valence-corrected chi connectivity index (χ4v) is 2.17. The third-order valence-corrected chi connectivity index (χ3v) is 3.49. The molecule has 0 spiro atoms. The van der Waals surface area contributed by atoms with E-state index in [4.69, 9.17) is 9.47 Å². The van der Waals surface area contributed by atoms with Gasteiger partial charge in [0.15, 0.2) is 0 Å². The van der Waals surface area contributed by atoms with Crippen molar-refractivity contribution in [1.29, 1.82) is 0 Å². The number of benzene rings is 1. The van der Waals surface area contributed by atoms with E-state index in [1.54, 1.807) is 26.5 Å². The second kappa shape index (κ2) is 9.52. The van der Waals surface area contributed by atoms with Crippen LogP contribution in [0, 0.1) is 0 Å². The lowest BCUT2D eigenvalue weighted by Gasteiger charge is -2.09. The van der Waals surface area contributed by atoms with E-state index < -0.39 is 0 Å². The fraction of sp³-hybridized carbons (Fsp3) is 0.333. The van der Waals surface area contributed by atoms with Crippen molar-refractivity contribution in [2.45, 2.75) is 6.42 Å². The Labute approximate surface area is 142 Å². The van der Waals surface area contributed by atoms with Gasteiger partial charge in [-0.2, -0.15) is 0 Å².